The minimum absolute atomic E-state index is 0.0837. The molecule has 0 radical (unpaired) electrons. The van der Waals surface area contributed by atoms with Crippen LogP contribution in [0.15, 0.2) is 49.2 Å². The van der Waals surface area contributed by atoms with Crippen molar-refractivity contribution < 1.29 is 58.6 Å². The van der Waals surface area contributed by atoms with Crippen LogP contribution in [-0.2, 0) is 38.2 Å². The highest BCUT2D eigenvalue weighted by atomic mass is 16.5. The van der Waals surface area contributed by atoms with Crippen LogP contribution in [0.25, 0.3) is 0 Å². The molecule has 1 unspecified atom stereocenters. The van der Waals surface area contributed by atoms with Gasteiger partial charge in [-0.15, -0.1) is 0 Å². The standard InChI is InChI=1S/4C6H8O3/c3*1-4-2-3-5(9-4)6(7)8;1-5(7)3-2-4-6(8)9/h3*5H,1-3H2,(H,7,8);2-3H,4H2,1H3,(H,8,9)/b;;;3-2+/t2*5-;;/m10../s1. The fourth-order valence-corrected chi connectivity index (χ4v) is 2.68. The lowest BCUT2D eigenvalue weighted by Gasteiger charge is -2.01. The van der Waals surface area contributed by atoms with Crippen molar-refractivity contribution in [2.45, 2.75) is 70.2 Å². The van der Waals surface area contributed by atoms with Crippen molar-refractivity contribution >= 4 is 29.7 Å². The molecule has 3 heterocycles. The number of ketones is 1. The third-order valence-electron chi connectivity index (χ3n) is 4.45. The van der Waals surface area contributed by atoms with Crippen LogP contribution in [0, 0.1) is 0 Å². The predicted octanol–water partition coefficient (Wildman–Crippen LogP) is 2.90. The second-order valence-electron chi connectivity index (χ2n) is 7.68. The van der Waals surface area contributed by atoms with Crippen LogP contribution in [-0.4, -0.2) is 68.4 Å². The third-order valence-corrected chi connectivity index (χ3v) is 4.45. The van der Waals surface area contributed by atoms with E-state index in [1.54, 1.807) is 0 Å². The number of carbonyl (C=O) groups is 5. The number of ether oxygens (including phenoxy) is 3. The zero-order chi connectivity index (χ0) is 27.8. The Morgan fingerprint density at radius 2 is 1.03 bits per heavy atom. The molecule has 0 spiro atoms. The molecule has 12 heteroatoms. The van der Waals surface area contributed by atoms with Crippen LogP contribution in [0.3, 0.4) is 0 Å². The zero-order valence-electron chi connectivity index (χ0n) is 20.0. The van der Waals surface area contributed by atoms with E-state index in [4.69, 9.17) is 34.6 Å². The van der Waals surface area contributed by atoms with Gasteiger partial charge in [-0.25, -0.2) is 14.4 Å². The number of carboxylic acid groups (broad SMARTS) is 4. The monoisotopic (exact) mass is 512 g/mol. The van der Waals surface area contributed by atoms with Gasteiger partial charge in [0.25, 0.3) is 0 Å². The molecule has 12 nitrogen and oxygen atoms in total. The van der Waals surface area contributed by atoms with Gasteiger partial charge in [0.1, 0.15) is 0 Å². The van der Waals surface area contributed by atoms with Gasteiger partial charge in [-0.3, -0.25) is 9.59 Å². The van der Waals surface area contributed by atoms with Gasteiger partial charge >= 0.3 is 23.9 Å². The van der Waals surface area contributed by atoms with E-state index in [-0.39, 0.29) is 12.2 Å². The van der Waals surface area contributed by atoms with E-state index in [0.29, 0.717) is 55.8 Å². The average molecular weight is 513 g/mol. The first-order valence-electron chi connectivity index (χ1n) is 10.8. The van der Waals surface area contributed by atoms with E-state index < -0.39 is 42.2 Å². The second-order valence-corrected chi connectivity index (χ2v) is 7.68. The highest BCUT2D eigenvalue weighted by Gasteiger charge is 2.26. The van der Waals surface area contributed by atoms with Crippen LogP contribution in [0.5, 0.6) is 0 Å². The lowest BCUT2D eigenvalue weighted by molar-refractivity contribution is -0.146. The Hall–Kier alpha value is -4.09. The average Bonchev–Trinajstić information content (AvgIpc) is 3.50. The maximum atomic E-state index is 10.2. The summed E-state index contributed by atoms with van der Waals surface area (Å²) in [6.07, 6.45) is 4.28. The summed E-state index contributed by atoms with van der Waals surface area (Å²) in [6, 6.07) is 0. The van der Waals surface area contributed by atoms with Crippen molar-refractivity contribution in [3.05, 3.63) is 49.2 Å². The largest absolute Gasteiger partial charge is 0.484 e. The first-order chi connectivity index (χ1) is 16.7. The smallest absolute Gasteiger partial charge is 0.344 e. The van der Waals surface area contributed by atoms with Gasteiger partial charge in [-0.2, -0.15) is 0 Å². The number of rotatable bonds is 6. The van der Waals surface area contributed by atoms with Crippen LogP contribution < -0.4 is 0 Å². The molecular formula is C24H32O12. The minimum atomic E-state index is -0.924. The SMILES string of the molecule is C=C1CCC(C(=O)O)O1.C=C1CC[C@@H](C(=O)O)O1.C=C1CC[C@H](C(=O)O)O1.CC(=O)/C=C/CC(=O)O. The van der Waals surface area contributed by atoms with Crippen molar-refractivity contribution in [1.29, 1.82) is 0 Å². The number of carboxylic acids is 4. The van der Waals surface area contributed by atoms with E-state index in [1.807, 2.05) is 0 Å². The summed E-state index contributed by atoms with van der Waals surface area (Å²) in [7, 11) is 0. The van der Waals surface area contributed by atoms with E-state index >= 15 is 0 Å². The maximum Gasteiger partial charge on any atom is 0.344 e. The van der Waals surface area contributed by atoms with E-state index in [9.17, 15) is 24.0 Å². The Labute approximate surface area is 208 Å². The molecular weight excluding hydrogens is 480 g/mol. The van der Waals surface area contributed by atoms with Crippen molar-refractivity contribution in [2.75, 3.05) is 0 Å². The summed E-state index contributed by atoms with van der Waals surface area (Å²) in [5.74, 6) is -1.98. The molecule has 0 aromatic rings. The molecule has 0 bridgehead atoms. The Morgan fingerprint density at radius 3 is 1.17 bits per heavy atom. The molecule has 36 heavy (non-hydrogen) atoms. The topological polar surface area (TPSA) is 194 Å². The van der Waals surface area contributed by atoms with Crippen LogP contribution >= 0.6 is 0 Å². The number of hydrogen-bond donors (Lipinski definition) is 4. The Kier molecular flexibility index (Phi) is 14.6. The lowest BCUT2D eigenvalue weighted by atomic mass is 10.2. The van der Waals surface area contributed by atoms with Gasteiger partial charge in [-0.05, 0) is 13.0 Å². The fraction of sp³-hybridized carbons (Fsp3) is 0.458. The minimum Gasteiger partial charge on any atom is -0.484 e. The molecule has 3 rings (SSSR count). The number of aliphatic carboxylic acids is 4. The summed E-state index contributed by atoms with van der Waals surface area (Å²) < 4.78 is 14.5. The summed E-state index contributed by atoms with van der Waals surface area (Å²) >= 11 is 0. The quantitative estimate of drug-likeness (QED) is 0.381. The molecule has 3 fully saturated rings. The van der Waals surface area contributed by atoms with Gasteiger partial charge < -0.3 is 34.6 Å². The first-order valence-corrected chi connectivity index (χ1v) is 10.8. The van der Waals surface area contributed by atoms with Crippen LogP contribution in [0.4, 0.5) is 0 Å². The predicted molar refractivity (Wildman–Crippen MR) is 125 cm³/mol. The molecule has 0 aliphatic carbocycles. The van der Waals surface area contributed by atoms with Gasteiger partial charge in [0.15, 0.2) is 24.1 Å². The van der Waals surface area contributed by atoms with Gasteiger partial charge in [0.2, 0.25) is 0 Å². The highest BCUT2D eigenvalue weighted by Crippen LogP contribution is 2.22. The van der Waals surface area contributed by atoms with Crippen molar-refractivity contribution in [3.8, 4) is 0 Å². The Balaban J connectivity index is 0.000000454. The first kappa shape index (κ1) is 31.9. The summed E-state index contributed by atoms with van der Waals surface area (Å²) in [5.41, 5.74) is 0. The number of allylic oxidation sites excluding steroid dienone is 4. The third kappa shape index (κ3) is 14.9. The molecule has 3 aliphatic heterocycles. The van der Waals surface area contributed by atoms with E-state index in [1.165, 1.54) is 19.1 Å². The maximum absolute atomic E-state index is 10.2. The second kappa shape index (κ2) is 16.5. The van der Waals surface area contributed by atoms with Gasteiger partial charge in [0, 0.05) is 38.5 Å². The molecule has 0 amide bonds. The highest BCUT2D eigenvalue weighted by molar-refractivity contribution is 5.87. The number of hydrogen-bond acceptors (Lipinski definition) is 8. The number of carbonyl (C=O) groups excluding carboxylic acids is 1. The summed E-state index contributed by atoms with van der Waals surface area (Å²) in [5, 5.41) is 33.2. The molecule has 0 aromatic carbocycles. The van der Waals surface area contributed by atoms with Crippen molar-refractivity contribution in [3.63, 3.8) is 0 Å². The molecule has 3 atom stereocenters. The van der Waals surface area contributed by atoms with Crippen LogP contribution in [0.2, 0.25) is 0 Å². The molecule has 200 valence electrons. The lowest BCUT2D eigenvalue weighted by Crippen LogP contribution is -2.17. The van der Waals surface area contributed by atoms with Gasteiger partial charge in [0.05, 0.1) is 23.7 Å². The molecule has 4 N–H and O–H groups in total. The van der Waals surface area contributed by atoms with Gasteiger partial charge in [-0.1, -0.05) is 25.8 Å². The molecule has 0 saturated carbocycles. The van der Waals surface area contributed by atoms with E-state index in [2.05, 4.69) is 19.7 Å². The molecule has 0 aromatic heterocycles. The normalized spacial score (nSPS) is 21.8. The van der Waals surface area contributed by atoms with E-state index in [0.717, 1.165) is 0 Å². The molecule has 3 saturated heterocycles. The zero-order valence-corrected chi connectivity index (χ0v) is 20.0. The van der Waals surface area contributed by atoms with Crippen molar-refractivity contribution in [2.24, 2.45) is 0 Å². The van der Waals surface area contributed by atoms with Crippen LogP contribution in [0.1, 0.15) is 51.9 Å². The summed E-state index contributed by atoms with van der Waals surface area (Å²) in [6.45, 7) is 11.9. The Morgan fingerprint density at radius 1 is 0.722 bits per heavy atom. The summed E-state index contributed by atoms with van der Waals surface area (Å²) in [4.78, 5) is 50.5. The van der Waals surface area contributed by atoms with Crippen molar-refractivity contribution in [1.82, 2.24) is 0 Å². The fourth-order valence-electron chi connectivity index (χ4n) is 2.68. The molecule has 3 aliphatic rings. The Bertz CT molecular complexity index is 800.